The van der Waals surface area contributed by atoms with E-state index in [1.807, 2.05) is 6.07 Å². The number of aromatic nitrogens is 1. The van der Waals surface area contributed by atoms with Crippen LogP contribution in [0.25, 0.3) is 0 Å². The molecular formula is C41H35N5O8S. The zero-order valence-electron chi connectivity index (χ0n) is 29.9. The quantitative estimate of drug-likeness (QED) is 0.0728. The van der Waals surface area contributed by atoms with Crippen molar-refractivity contribution in [2.24, 2.45) is 5.92 Å². The average Bonchev–Trinajstić information content (AvgIpc) is 3.71. The molecule has 0 radical (unpaired) electrons. The molecule has 0 fully saturated rings. The van der Waals surface area contributed by atoms with Crippen LogP contribution in [-0.4, -0.2) is 50.3 Å². The number of amides is 3. The molecule has 0 spiro atoms. The number of aromatic hydroxyl groups is 2. The Morgan fingerprint density at radius 1 is 0.745 bits per heavy atom. The first-order chi connectivity index (χ1) is 26.3. The van der Waals surface area contributed by atoms with Crippen molar-refractivity contribution in [3.05, 3.63) is 128 Å². The van der Waals surface area contributed by atoms with Crippen LogP contribution in [0.15, 0.2) is 83.7 Å². The highest BCUT2D eigenvalue weighted by Gasteiger charge is 2.24. The van der Waals surface area contributed by atoms with E-state index in [4.69, 9.17) is 0 Å². The fourth-order valence-electron chi connectivity index (χ4n) is 5.62. The van der Waals surface area contributed by atoms with Crippen LogP contribution in [0.5, 0.6) is 11.5 Å². The summed E-state index contributed by atoms with van der Waals surface area (Å²) < 4.78 is 0. The van der Waals surface area contributed by atoms with Crippen molar-refractivity contribution in [1.82, 2.24) is 4.98 Å². The summed E-state index contributed by atoms with van der Waals surface area (Å²) in [5, 5.41) is 40.2. The summed E-state index contributed by atoms with van der Waals surface area (Å²) in [6, 6.07) is 20.0. The second-order valence-electron chi connectivity index (χ2n) is 12.7. The first-order valence-corrected chi connectivity index (χ1v) is 17.8. The molecular weight excluding hydrogens is 723 g/mol. The number of nitriles is 1. The number of Topliss-reactive ketones (excluding diaryl/α,β-unsaturated/α-hetero) is 3. The van der Waals surface area contributed by atoms with Gasteiger partial charge in [0.25, 0.3) is 11.8 Å². The Kier molecular flexibility index (Phi) is 12.3. The SMILES string of the molecule is CC(=O)c1ccc(NC(=O)c2ccc(NC(=O)c3ccc(NC(=O)C(CC#N)CC(=O)c4ccc(CC(=O)c5cscn5)cc4)cc3)c(C)c2O)c(C)c1O. The van der Waals surface area contributed by atoms with E-state index in [0.29, 0.717) is 22.5 Å². The van der Waals surface area contributed by atoms with E-state index >= 15 is 0 Å². The summed E-state index contributed by atoms with van der Waals surface area (Å²) >= 11 is 1.33. The number of phenolic OH excluding ortho intramolecular Hbond substituents is 2. The van der Waals surface area contributed by atoms with Crippen LogP contribution in [0.3, 0.4) is 0 Å². The number of nitrogens with one attached hydrogen (secondary N) is 3. The van der Waals surface area contributed by atoms with Gasteiger partial charge in [-0.25, -0.2) is 4.98 Å². The Bertz CT molecular complexity index is 2350. The molecule has 5 rings (SSSR count). The van der Waals surface area contributed by atoms with Crippen molar-refractivity contribution >= 4 is 63.5 Å². The summed E-state index contributed by atoms with van der Waals surface area (Å²) in [7, 11) is 0. The van der Waals surface area contributed by atoms with Gasteiger partial charge in [-0.1, -0.05) is 24.3 Å². The number of hydrogen-bond acceptors (Lipinski definition) is 11. The molecule has 0 aliphatic rings. The van der Waals surface area contributed by atoms with E-state index in [9.17, 15) is 44.2 Å². The highest BCUT2D eigenvalue weighted by molar-refractivity contribution is 7.07. The number of thiazole rings is 1. The van der Waals surface area contributed by atoms with E-state index in [1.54, 1.807) is 35.2 Å². The summed E-state index contributed by atoms with van der Waals surface area (Å²) in [5.74, 6) is -4.17. The molecule has 1 unspecified atom stereocenters. The number of carbonyl (C=O) groups is 6. The van der Waals surface area contributed by atoms with Gasteiger partial charge in [-0.05, 0) is 74.9 Å². The normalized spacial score (nSPS) is 11.2. The Morgan fingerprint density at radius 2 is 1.33 bits per heavy atom. The summed E-state index contributed by atoms with van der Waals surface area (Å²) in [4.78, 5) is 80.3. The summed E-state index contributed by atoms with van der Waals surface area (Å²) in [5.41, 5.74) is 4.55. The van der Waals surface area contributed by atoms with Gasteiger partial charge in [0.1, 0.15) is 17.2 Å². The van der Waals surface area contributed by atoms with Crippen LogP contribution >= 0.6 is 11.3 Å². The minimum absolute atomic E-state index is 0.0875. The molecule has 0 aliphatic heterocycles. The van der Waals surface area contributed by atoms with E-state index in [2.05, 4.69) is 20.9 Å². The van der Waals surface area contributed by atoms with Gasteiger partial charge >= 0.3 is 0 Å². The summed E-state index contributed by atoms with van der Waals surface area (Å²) in [6.45, 7) is 4.37. The molecule has 0 aliphatic carbocycles. The highest BCUT2D eigenvalue weighted by atomic mass is 32.1. The third-order valence-electron chi connectivity index (χ3n) is 8.90. The average molecular weight is 758 g/mol. The predicted octanol–water partition coefficient (Wildman–Crippen LogP) is 7.05. The van der Waals surface area contributed by atoms with Crippen molar-refractivity contribution in [2.75, 3.05) is 16.0 Å². The zero-order valence-corrected chi connectivity index (χ0v) is 30.7. The fraction of sp³-hybridized carbons (Fsp3) is 0.171. The van der Waals surface area contributed by atoms with Gasteiger partial charge < -0.3 is 26.2 Å². The number of benzene rings is 4. The molecule has 14 heteroatoms. The van der Waals surface area contributed by atoms with Crippen molar-refractivity contribution in [3.8, 4) is 17.6 Å². The monoisotopic (exact) mass is 757 g/mol. The van der Waals surface area contributed by atoms with Crippen molar-refractivity contribution in [2.45, 2.75) is 40.0 Å². The third-order valence-corrected chi connectivity index (χ3v) is 9.48. The van der Waals surface area contributed by atoms with E-state index < -0.39 is 23.6 Å². The van der Waals surface area contributed by atoms with Crippen LogP contribution in [-0.2, 0) is 11.2 Å². The molecule has 3 amide bonds. The van der Waals surface area contributed by atoms with Gasteiger partial charge in [-0.3, -0.25) is 28.8 Å². The second kappa shape index (κ2) is 17.2. The maximum Gasteiger partial charge on any atom is 0.259 e. The van der Waals surface area contributed by atoms with E-state index in [0.717, 1.165) is 0 Å². The van der Waals surface area contributed by atoms with Crippen LogP contribution in [0.4, 0.5) is 17.1 Å². The number of anilines is 3. The van der Waals surface area contributed by atoms with Crippen LogP contribution < -0.4 is 16.0 Å². The molecule has 13 nitrogen and oxygen atoms in total. The number of phenols is 2. The van der Waals surface area contributed by atoms with Gasteiger partial charge in [0.05, 0.1) is 28.6 Å². The van der Waals surface area contributed by atoms with Gasteiger partial charge in [-0.15, -0.1) is 11.3 Å². The number of ketones is 3. The molecule has 1 heterocycles. The topological polar surface area (TPSA) is 216 Å². The molecule has 1 atom stereocenters. The lowest BCUT2D eigenvalue weighted by Crippen LogP contribution is -2.25. The Balaban J connectivity index is 1.17. The first-order valence-electron chi connectivity index (χ1n) is 16.9. The van der Waals surface area contributed by atoms with Crippen molar-refractivity contribution < 1.29 is 39.0 Å². The molecule has 278 valence electrons. The maximum absolute atomic E-state index is 13.1. The molecule has 4 aromatic carbocycles. The zero-order chi connectivity index (χ0) is 39.8. The molecule has 0 saturated carbocycles. The van der Waals surface area contributed by atoms with Gasteiger partial charge in [0.15, 0.2) is 17.3 Å². The van der Waals surface area contributed by atoms with Crippen molar-refractivity contribution in [1.29, 1.82) is 5.26 Å². The standard InChI is InChI=1S/C41H35N5O8S/c1-22-33(14-12-30(24(3)47)37(22)50)46-41(54)31-13-15-32(23(2)38(31)51)45-39(52)27-8-10-29(11-9-27)44-40(53)28(16-17-42)19-35(48)26-6-4-25(5-7-26)18-36(49)34-20-55-21-43-34/h4-15,20-21,28,50-51H,16,18-19H2,1-3H3,(H,44,53)(H,45,52)(H,46,54). The lowest BCUT2D eigenvalue weighted by molar-refractivity contribution is -0.119. The number of carbonyl (C=O) groups excluding carboxylic acids is 6. The molecule has 1 aromatic heterocycles. The fourth-order valence-corrected chi connectivity index (χ4v) is 6.17. The number of rotatable bonds is 14. The first kappa shape index (κ1) is 39.2. The molecule has 55 heavy (non-hydrogen) atoms. The Morgan fingerprint density at radius 3 is 1.91 bits per heavy atom. The minimum Gasteiger partial charge on any atom is -0.507 e. The molecule has 5 aromatic rings. The van der Waals surface area contributed by atoms with Crippen molar-refractivity contribution in [3.63, 3.8) is 0 Å². The maximum atomic E-state index is 13.1. The minimum atomic E-state index is -0.949. The van der Waals surface area contributed by atoms with E-state index in [-0.39, 0.29) is 87.3 Å². The van der Waals surface area contributed by atoms with Crippen LogP contribution in [0.2, 0.25) is 0 Å². The predicted molar refractivity (Wildman–Crippen MR) is 206 cm³/mol. The van der Waals surface area contributed by atoms with Crippen LogP contribution in [0.1, 0.15) is 88.4 Å². The molecule has 5 N–H and O–H groups in total. The second-order valence-corrected chi connectivity index (χ2v) is 13.4. The molecule has 0 bridgehead atoms. The lowest BCUT2D eigenvalue weighted by atomic mass is 9.94. The van der Waals surface area contributed by atoms with Gasteiger partial charge in [0.2, 0.25) is 5.91 Å². The van der Waals surface area contributed by atoms with Crippen LogP contribution in [0, 0.1) is 31.1 Å². The number of nitrogens with zero attached hydrogens (tertiary/aromatic N) is 2. The molecule has 0 saturated heterocycles. The number of hydrogen-bond donors (Lipinski definition) is 5. The highest BCUT2D eigenvalue weighted by Crippen LogP contribution is 2.33. The third kappa shape index (κ3) is 9.34. The van der Waals surface area contributed by atoms with E-state index in [1.165, 1.54) is 80.6 Å². The summed E-state index contributed by atoms with van der Waals surface area (Å²) in [6.07, 6.45) is -0.298. The Hall–Kier alpha value is -6.98. The largest absolute Gasteiger partial charge is 0.507 e. The Labute approximate surface area is 319 Å². The van der Waals surface area contributed by atoms with Gasteiger partial charge in [0, 0.05) is 64.0 Å². The smallest absolute Gasteiger partial charge is 0.259 e. The lowest BCUT2D eigenvalue weighted by Gasteiger charge is -2.15. The van der Waals surface area contributed by atoms with Gasteiger partial charge in [-0.2, -0.15) is 5.26 Å².